The molecule has 0 atom stereocenters. The van der Waals surface area contributed by atoms with E-state index in [0.29, 0.717) is 5.82 Å². The quantitative estimate of drug-likeness (QED) is 0.171. The summed E-state index contributed by atoms with van der Waals surface area (Å²) in [6.45, 7) is 0. The van der Waals surface area contributed by atoms with Gasteiger partial charge in [0.25, 0.3) is 0 Å². The van der Waals surface area contributed by atoms with Gasteiger partial charge in [0.05, 0.1) is 11.4 Å². The van der Waals surface area contributed by atoms with E-state index in [9.17, 15) is 0 Å². The SMILES string of the molecule is c1ccc(-c2cc(-c3cccc(-c4ccncc4)c3)nc(-c3ccc(-c4ccc(-c5cccc6sc7ccccc7c56)c5c4oc4ccccc45)cc3)n2)cc1. The summed E-state index contributed by atoms with van der Waals surface area (Å²) in [5.41, 5.74) is 13.2. The topological polar surface area (TPSA) is 51.8 Å². The molecule has 7 aromatic carbocycles. The third kappa shape index (κ3) is 5.48. The molecule has 0 amide bonds. The second-order valence-electron chi connectivity index (χ2n) is 14.0. The summed E-state index contributed by atoms with van der Waals surface area (Å²) in [4.78, 5) is 14.5. The molecule has 4 heterocycles. The number of nitrogens with zero attached hydrogens (tertiary/aromatic N) is 3. The number of hydrogen-bond acceptors (Lipinski definition) is 5. The van der Waals surface area contributed by atoms with E-state index >= 15 is 0 Å². The summed E-state index contributed by atoms with van der Waals surface area (Å²) in [6, 6.07) is 61.7. The average molecular weight is 734 g/mol. The Bertz CT molecular complexity index is 3240. The molecule has 0 radical (unpaired) electrons. The van der Waals surface area contributed by atoms with Crippen LogP contribution in [0.15, 0.2) is 193 Å². The van der Waals surface area contributed by atoms with Crippen LogP contribution in [-0.2, 0) is 0 Å². The highest BCUT2D eigenvalue weighted by Gasteiger charge is 2.20. The molecule has 0 spiro atoms. The van der Waals surface area contributed by atoms with Gasteiger partial charge >= 0.3 is 0 Å². The minimum absolute atomic E-state index is 0.669. The Morgan fingerprint density at radius 2 is 1.04 bits per heavy atom. The molecule has 11 rings (SSSR count). The van der Waals surface area contributed by atoms with Crippen molar-refractivity contribution in [1.82, 2.24) is 15.0 Å². The van der Waals surface area contributed by atoms with Crippen molar-refractivity contribution in [2.45, 2.75) is 0 Å². The number of para-hydroxylation sites is 1. The molecule has 0 bridgehead atoms. The largest absolute Gasteiger partial charge is 0.455 e. The highest BCUT2D eigenvalue weighted by atomic mass is 32.1. The summed E-state index contributed by atoms with van der Waals surface area (Å²) >= 11 is 1.84. The first-order chi connectivity index (χ1) is 27.7. The van der Waals surface area contributed by atoms with Crippen molar-refractivity contribution >= 4 is 53.4 Å². The molecule has 11 aromatic rings. The van der Waals surface area contributed by atoms with E-state index in [4.69, 9.17) is 14.4 Å². The van der Waals surface area contributed by atoms with Gasteiger partial charge in [0.1, 0.15) is 11.2 Å². The first-order valence-electron chi connectivity index (χ1n) is 18.7. The molecule has 262 valence electrons. The summed E-state index contributed by atoms with van der Waals surface area (Å²) in [7, 11) is 0. The average Bonchev–Trinajstić information content (AvgIpc) is 3.86. The van der Waals surface area contributed by atoms with Crippen molar-refractivity contribution in [3.63, 3.8) is 0 Å². The van der Waals surface area contributed by atoms with Gasteiger partial charge in [-0.25, -0.2) is 9.97 Å². The second kappa shape index (κ2) is 13.3. The molecular formula is C51H31N3OS. The zero-order valence-electron chi connectivity index (χ0n) is 30.1. The molecule has 0 aliphatic rings. The maximum absolute atomic E-state index is 6.74. The number of fused-ring (bicyclic) bond motifs is 6. The normalized spacial score (nSPS) is 11.6. The Morgan fingerprint density at radius 3 is 1.89 bits per heavy atom. The van der Waals surface area contributed by atoms with Gasteiger partial charge in [0.2, 0.25) is 0 Å². The van der Waals surface area contributed by atoms with Crippen molar-refractivity contribution in [1.29, 1.82) is 0 Å². The highest BCUT2D eigenvalue weighted by Crippen LogP contribution is 2.46. The molecule has 56 heavy (non-hydrogen) atoms. The standard InChI is InChI=1S/C51H31N3OS/c1-2-10-34(11-3-1)43-31-44(37-13-8-12-36(30-37)32-26-28-52-29-27-32)54-51(53-43)35-22-20-33(21-23-35)38-24-25-40(49-41-14-4-6-17-45(41)55-50(38)49)39-16-9-19-47-48(39)42-15-5-7-18-46(42)56-47/h1-31H. The van der Waals surface area contributed by atoms with Crippen LogP contribution in [0.25, 0.3) is 109 Å². The number of benzene rings is 7. The summed E-state index contributed by atoms with van der Waals surface area (Å²) in [6.07, 6.45) is 3.64. The molecule has 0 fully saturated rings. The van der Waals surface area contributed by atoms with E-state index in [1.807, 2.05) is 60.1 Å². The summed E-state index contributed by atoms with van der Waals surface area (Å²) in [5.74, 6) is 0.669. The predicted octanol–water partition coefficient (Wildman–Crippen LogP) is 14.1. The maximum atomic E-state index is 6.74. The van der Waals surface area contributed by atoms with Crippen LogP contribution >= 0.6 is 11.3 Å². The maximum Gasteiger partial charge on any atom is 0.160 e. The van der Waals surface area contributed by atoms with Crippen LogP contribution in [0, 0.1) is 0 Å². The smallest absolute Gasteiger partial charge is 0.160 e. The van der Waals surface area contributed by atoms with Crippen molar-refractivity contribution in [2.75, 3.05) is 0 Å². The lowest BCUT2D eigenvalue weighted by Crippen LogP contribution is -1.96. The Kier molecular flexibility index (Phi) is 7.64. The zero-order chi connectivity index (χ0) is 37.0. The molecule has 0 saturated carbocycles. The fraction of sp³-hybridized carbons (Fsp3) is 0. The van der Waals surface area contributed by atoms with Crippen molar-refractivity contribution in [2.24, 2.45) is 0 Å². The lowest BCUT2D eigenvalue weighted by molar-refractivity contribution is 0.670. The van der Waals surface area contributed by atoms with Crippen LogP contribution in [0.1, 0.15) is 0 Å². The Morgan fingerprint density at radius 1 is 0.393 bits per heavy atom. The monoisotopic (exact) mass is 733 g/mol. The molecule has 5 heteroatoms. The molecule has 0 unspecified atom stereocenters. The lowest BCUT2D eigenvalue weighted by atomic mass is 9.92. The number of furan rings is 1. The van der Waals surface area contributed by atoms with E-state index in [1.54, 1.807) is 0 Å². The molecule has 4 nitrogen and oxygen atoms in total. The number of rotatable bonds is 6. The van der Waals surface area contributed by atoms with Gasteiger partial charge < -0.3 is 4.42 Å². The fourth-order valence-corrected chi connectivity index (χ4v) is 9.09. The third-order valence-electron chi connectivity index (χ3n) is 10.6. The van der Waals surface area contributed by atoms with Crippen LogP contribution in [0.5, 0.6) is 0 Å². The van der Waals surface area contributed by atoms with Gasteiger partial charge in [0, 0.05) is 65.6 Å². The number of thiophene rings is 1. The Labute approximate surface area is 327 Å². The van der Waals surface area contributed by atoms with Crippen LogP contribution < -0.4 is 0 Å². The van der Waals surface area contributed by atoms with Crippen LogP contribution in [-0.4, -0.2) is 15.0 Å². The molecule has 4 aromatic heterocycles. The van der Waals surface area contributed by atoms with E-state index in [0.717, 1.165) is 72.3 Å². The van der Waals surface area contributed by atoms with Crippen molar-refractivity contribution < 1.29 is 4.42 Å². The third-order valence-corrected chi connectivity index (χ3v) is 11.8. The minimum Gasteiger partial charge on any atom is -0.455 e. The van der Waals surface area contributed by atoms with Crippen LogP contribution in [0.4, 0.5) is 0 Å². The fourth-order valence-electron chi connectivity index (χ4n) is 7.96. The van der Waals surface area contributed by atoms with Gasteiger partial charge in [0.15, 0.2) is 5.82 Å². The number of pyridine rings is 1. The van der Waals surface area contributed by atoms with Crippen molar-refractivity contribution in [3.8, 4) is 67.3 Å². The lowest BCUT2D eigenvalue weighted by Gasteiger charge is -2.12. The van der Waals surface area contributed by atoms with Gasteiger partial charge in [-0.3, -0.25) is 4.98 Å². The molecule has 0 saturated heterocycles. The first-order valence-corrected chi connectivity index (χ1v) is 19.5. The Balaban J connectivity index is 1.04. The van der Waals surface area contributed by atoms with Crippen LogP contribution in [0.3, 0.4) is 0 Å². The molecule has 0 aliphatic carbocycles. The van der Waals surface area contributed by atoms with Gasteiger partial charge in [-0.1, -0.05) is 127 Å². The van der Waals surface area contributed by atoms with Gasteiger partial charge in [-0.2, -0.15) is 0 Å². The van der Waals surface area contributed by atoms with Crippen LogP contribution in [0.2, 0.25) is 0 Å². The van der Waals surface area contributed by atoms with E-state index < -0.39 is 0 Å². The van der Waals surface area contributed by atoms with Gasteiger partial charge in [-0.05, 0) is 76.3 Å². The van der Waals surface area contributed by atoms with E-state index in [-0.39, 0.29) is 0 Å². The van der Waals surface area contributed by atoms with Crippen molar-refractivity contribution in [3.05, 3.63) is 188 Å². The summed E-state index contributed by atoms with van der Waals surface area (Å²) in [5, 5.41) is 4.81. The first kappa shape index (κ1) is 32.2. The van der Waals surface area contributed by atoms with E-state index in [2.05, 4.69) is 145 Å². The highest BCUT2D eigenvalue weighted by molar-refractivity contribution is 7.25. The molecular weight excluding hydrogens is 703 g/mol. The predicted molar refractivity (Wildman–Crippen MR) is 233 cm³/mol. The molecule has 0 aliphatic heterocycles. The minimum atomic E-state index is 0.669. The number of hydrogen-bond donors (Lipinski definition) is 0. The zero-order valence-corrected chi connectivity index (χ0v) is 30.9. The summed E-state index contributed by atoms with van der Waals surface area (Å²) < 4.78 is 9.32. The molecule has 0 N–H and O–H groups in total. The Hall–Kier alpha value is -7.21. The van der Waals surface area contributed by atoms with E-state index in [1.165, 1.54) is 31.3 Å². The second-order valence-corrected chi connectivity index (χ2v) is 15.0. The van der Waals surface area contributed by atoms with Gasteiger partial charge in [-0.15, -0.1) is 11.3 Å². The number of aromatic nitrogens is 3.